The summed E-state index contributed by atoms with van der Waals surface area (Å²) >= 11 is 6.27. The van der Waals surface area contributed by atoms with Crippen LogP contribution in [0.1, 0.15) is 44.4 Å². The quantitative estimate of drug-likeness (QED) is 0.199. The molecular formula is C41H32ClF2N3O3. The van der Waals surface area contributed by atoms with Crippen LogP contribution in [0.2, 0.25) is 5.02 Å². The van der Waals surface area contributed by atoms with Gasteiger partial charge in [-0.3, -0.25) is 14.5 Å². The third kappa shape index (κ3) is 3.92. The molecule has 5 aromatic rings. The third-order valence-electron chi connectivity index (χ3n) is 11.6. The number of halogens is 3. The SMILES string of the molecule is CN1CC2(ON=C(c3ccc(Cl)cc3)[C@@H]2c2ccc(F)cc2)C(=O)[C@]2(C1)[C@@H](c1ccc(F)cc1)CN(C)[C@@]21C(=O)c2cccc3cccc1c23. The Morgan fingerprint density at radius 1 is 0.800 bits per heavy atom. The maximum atomic E-state index is 16.4. The molecule has 3 aliphatic heterocycles. The molecule has 2 fully saturated rings. The number of likely N-dealkylation sites (tertiary alicyclic amines) is 2. The molecule has 9 heteroatoms. The van der Waals surface area contributed by atoms with Gasteiger partial charge in [-0.25, -0.2) is 8.78 Å². The van der Waals surface area contributed by atoms with Crippen LogP contribution >= 0.6 is 11.6 Å². The number of carbonyl (C=O) groups is 2. The summed E-state index contributed by atoms with van der Waals surface area (Å²) in [7, 11) is 3.84. The van der Waals surface area contributed by atoms with Crippen LogP contribution in [-0.4, -0.2) is 66.4 Å². The lowest BCUT2D eigenvalue weighted by atomic mass is 9.52. The minimum atomic E-state index is -1.61. The van der Waals surface area contributed by atoms with E-state index in [0.29, 0.717) is 34.0 Å². The number of Topliss-reactive ketones (excluding diaryl/α,β-unsaturated/α-hetero) is 2. The van der Waals surface area contributed by atoms with Gasteiger partial charge < -0.3 is 9.74 Å². The molecule has 3 spiro atoms. The van der Waals surface area contributed by atoms with E-state index in [0.717, 1.165) is 21.9 Å². The summed E-state index contributed by atoms with van der Waals surface area (Å²) in [6.07, 6.45) is 0. The first kappa shape index (κ1) is 31.2. The van der Waals surface area contributed by atoms with Crippen LogP contribution in [0.5, 0.6) is 0 Å². The lowest BCUT2D eigenvalue weighted by Gasteiger charge is -2.55. The summed E-state index contributed by atoms with van der Waals surface area (Å²) in [4.78, 5) is 42.4. The van der Waals surface area contributed by atoms with Gasteiger partial charge in [0.15, 0.2) is 11.6 Å². The Labute approximate surface area is 292 Å². The fraction of sp³-hybridized carbons (Fsp3) is 0.244. The standard InChI is InChI=1S/C41H32ClF2N3O3/c1-46-22-39(38(49)40(23-46)35(26-13-19-30(44)20-14-26)36(45-50-40)27-9-15-28(42)16-10-27)33(24-11-17-29(43)18-12-24)21-47(2)41(39)32-8-4-6-25-5-3-7-31(34(25)32)37(41)48/h3-20,33,35H,21-23H2,1-2H3/t33-,35+,39+,40?,41+/m1/s1. The van der Waals surface area contributed by atoms with Crippen molar-refractivity contribution in [3.63, 3.8) is 0 Å². The Balaban J connectivity index is 1.33. The number of piperidine rings is 1. The largest absolute Gasteiger partial charge is 0.378 e. The number of hydrogen-bond acceptors (Lipinski definition) is 6. The fourth-order valence-corrected chi connectivity index (χ4v) is 9.96. The summed E-state index contributed by atoms with van der Waals surface area (Å²) in [6, 6.07) is 31.1. The second-order valence-corrected chi connectivity index (χ2v) is 14.6. The Morgan fingerprint density at radius 3 is 2.12 bits per heavy atom. The molecule has 0 bridgehead atoms. The van der Waals surface area contributed by atoms with Gasteiger partial charge in [-0.05, 0) is 78.0 Å². The molecule has 2 saturated heterocycles. The highest BCUT2D eigenvalue weighted by Gasteiger charge is 2.79. The van der Waals surface area contributed by atoms with Gasteiger partial charge in [0.25, 0.3) is 0 Å². The molecule has 5 aromatic carbocycles. The predicted octanol–water partition coefficient (Wildman–Crippen LogP) is 7.35. The van der Waals surface area contributed by atoms with Crippen molar-refractivity contribution in [3.05, 3.63) is 154 Å². The van der Waals surface area contributed by atoms with E-state index >= 15 is 9.59 Å². The van der Waals surface area contributed by atoms with Crippen molar-refractivity contribution in [2.45, 2.75) is 23.0 Å². The second-order valence-electron chi connectivity index (χ2n) is 14.2. The normalized spacial score (nSPS) is 29.1. The number of ketones is 2. The van der Waals surface area contributed by atoms with Crippen molar-refractivity contribution >= 4 is 39.7 Å². The van der Waals surface area contributed by atoms with Gasteiger partial charge in [0.1, 0.15) is 17.2 Å². The van der Waals surface area contributed by atoms with Gasteiger partial charge in [-0.15, -0.1) is 0 Å². The minimum absolute atomic E-state index is 0.148. The van der Waals surface area contributed by atoms with Crippen LogP contribution in [0.4, 0.5) is 8.78 Å². The first-order valence-electron chi connectivity index (χ1n) is 16.7. The monoisotopic (exact) mass is 687 g/mol. The lowest BCUT2D eigenvalue weighted by molar-refractivity contribution is -0.173. The van der Waals surface area contributed by atoms with Gasteiger partial charge in [0.05, 0.1) is 17.0 Å². The molecule has 1 aliphatic carbocycles. The summed E-state index contributed by atoms with van der Waals surface area (Å²) in [5.41, 5.74) is -0.505. The topological polar surface area (TPSA) is 62.2 Å². The zero-order chi connectivity index (χ0) is 34.6. The molecule has 0 radical (unpaired) electrons. The number of fused-ring (bicyclic) bond motifs is 2. The van der Waals surface area contributed by atoms with Gasteiger partial charge >= 0.3 is 0 Å². The predicted molar refractivity (Wildman–Crippen MR) is 188 cm³/mol. The highest BCUT2D eigenvalue weighted by atomic mass is 35.5. The zero-order valence-electron chi connectivity index (χ0n) is 27.4. The van der Waals surface area contributed by atoms with E-state index in [1.165, 1.54) is 24.3 Å². The summed E-state index contributed by atoms with van der Waals surface area (Å²) < 4.78 is 28.9. The fourth-order valence-electron chi connectivity index (χ4n) is 9.84. The van der Waals surface area contributed by atoms with Crippen molar-refractivity contribution in [1.29, 1.82) is 0 Å². The molecule has 3 heterocycles. The van der Waals surface area contributed by atoms with Crippen LogP contribution in [0.15, 0.2) is 114 Å². The zero-order valence-corrected chi connectivity index (χ0v) is 28.1. The molecule has 5 atom stereocenters. The van der Waals surface area contributed by atoms with Gasteiger partial charge in [-0.1, -0.05) is 89.6 Å². The van der Waals surface area contributed by atoms with Crippen molar-refractivity contribution in [3.8, 4) is 0 Å². The molecule has 50 heavy (non-hydrogen) atoms. The molecule has 250 valence electrons. The number of rotatable bonds is 3. The highest BCUT2D eigenvalue weighted by molar-refractivity contribution is 6.30. The maximum Gasteiger partial charge on any atom is 0.220 e. The molecule has 0 saturated carbocycles. The van der Waals surface area contributed by atoms with E-state index in [9.17, 15) is 8.78 Å². The van der Waals surface area contributed by atoms with Gasteiger partial charge in [0, 0.05) is 41.7 Å². The third-order valence-corrected chi connectivity index (χ3v) is 11.9. The van der Waals surface area contributed by atoms with Crippen LogP contribution < -0.4 is 0 Å². The number of oxime groups is 1. The first-order valence-corrected chi connectivity index (χ1v) is 17.0. The molecule has 9 rings (SSSR count). The van der Waals surface area contributed by atoms with Gasteiger partial charge in [-0.2, -0.15) is 0 Å². The summed E-state index contributed by atoms with van der Waals surface area (Å²) in [5, 5.41) is 6.95. The Hall–Kier alpha value is -4.76. The van der Waals surface area contributed by atoms with Crippen molar-refractivity contribution < 1.29 is 23.2 Å². The van der Waals surface area contributed by atoms with E-state index in [2.05, 4.69) is 10.1 Å². The Bertz CT molecular complexity index is 2260. The number of hydrogen-bond donors (Lipinski definition) is 0. The molecule has 0 amide bonds. The number of carbonyl (C=O) groups excluding carboxylic acids is 2. The van der Waals surface area contributed by atoms with Crippen molar-refractivity contribution in [2.24, 2.45) is 10.6 Å². The van der Waals surface area contributed by atoms with Crippen LogP contribution in [0, 0.1) is 17.0 Å². The van der Waals surface area contributed by atoms with E-state index in [1.807, 2.05) is 67.5 Å². The second kappa shape index (κ2) is 10.9. The Kier molecular flexibility index (Phi) is 6.79. The van der Waals surface area contributed by atoms with Crippen LogP contribution in [-0.2, 0) is 15.2 Å². The Morgan fingerprint density at radius 2 is 1.44 bits per heavy atom. The number of nitrogens with zero attached hydrogens (tertiary/aromatic N) is 3. The van der Waals surface area contributed by atoms with Crippen LogP contribution in [0.25, 0.3) is 10.8 Å². The highest BCUT2D eigenvalue weighted by Crippen LogP contribution is 2.67. The van der Waals surface area contributed by atoms with Crippen molar-refractivity contribution in [2.75, 3.05) is 33.7 Å². The lowest BCUT2D eigenvalue weighted by Crippen LogP contribution is -2.72. The molecule has 4 aliphatic rings. The number of benzene rings is 5. The molecule has 1 unspecified atom stereocenters. The molecular weight excluding hydrogens is 656 g/mol. The summed E-state index contributed by atoms with van der Waals surface area (Å²) in [5.74, 6) is -2.51. The molecule has 6 nitrogen and oxygen atoms in total. The maximum absolute atomic E-state index is 16.4. The molecule has 0 N–H and O–H groups in total. The molecule has 0 aromatic heterocycles. The van der Waals surface area contributed by atoms with Gasteiger partial charge in [0.2, 0.25) is 5.60 Å². The van der Waals surface area contributed by atoms with E-state index in [4.69, 9.17) is 16.4 Å². The van der Waals surface area contributed by atoms with Crippen LogP contribution in [0.3, 0.4) is 0 Å². The average molecular weight is 688 g/mol. The first-order chi connectivity index (χ1) is 24.1. The van der Waals surface area contributed by atoms with E-state index < -0.39 is 40.0 Å². The summed E-state index contributed by atoms with van der Waals surface area (Å²) in [6.45, 7) is 0.743. The van der Waals surface area contributed by atoms with Crippen molar-refractivity contribution in [1.82, 2.24) is 9.80 Å². The average Bonchev–Trinajstić information content (AvgIpc) is 3.70. The van der Waals surface area contributed by atoms with E-state index in [1.54, 1.807) is 36.4 Å². The minimum Gasteiger partial charge on any atom is -0.378 e. The number of likely N-dealkylation sites (N-methyl/N-ethyl adjacent to an activating group) is 2. The van der Waals surface area contributed by atoms with E-state index in [-0.39, 0.29) is 24.7 Å². The smallest absolute Gasteiger partial charge is 0.220 e.